The van der Waals surface area contributed by atoms with Crippen molar-refractivity contribution in [1.82, 2.24) is 14.4 Å². The van der Waals surface area contributed by atoms with Crippen molar-refractivity contribution >= 4 is 17.6 Å². The number of imidazole rings is 1. The van der Waals surface area contributed by atoms with Crippen molar-refractivity contribution in [1.29, 1.82) is 0 Å². The van der Waals surface area contributed by atoms with Gasteiger partial charge in [0.15, 0.2) is 0 Å². The number of carbonyl (C=O) groups excluding carboxylic acids is 1. The van der Waals surface area contributed by atoms with Crippen LogP contribution in [0.3, 0.4) is 0 Å². The Labute approximate surface area is 166 Å². The van der Waals surface area contributed by atoms with E-state index in [9.17, 15) is 4.79 Å². The molecule has 2 heterocycles. The lowest BCUT2D eigenvalue weighted by atomic mass is 9.86. The third-order valence-corrected chi connectivity index (χ3v) is 4.64. The summed E-state index contributed by atoms with van der Waals surface area (Å²) >= 11 is 0. The Morgan fingerprint density at radius 1 is 1.14 bits per heavy atom. The van der Waals surface area contributed by atoms with Crippen LogP contribution in [0.1, 0.15) is 44.6 Å². The second kappa shape index (κ2) is 7.62. The number of hydrogen-bond donors (Lipinski definition) is 1. The first kappa shape index (κ1) is 19.9. The van der Waals surface area contributed by atoms with Crippen molar-refractivity contribution in [3.8, 4) is 11.3 Å². The fourth-order valence-electron chi connectivity index (χ4n) is 3.23. The lowest BCUT2D eigenvalue weighted by Crippen LogP contribution is -2.18. The molecule has 1 N–H and O–H groups in total. The zero-order valence-electron chi connectivity index (χ0n) is 17.5. The van der Waals surface area contributed by atoms with Crippen molar-refractivity contribution in [2.75, 3.05) is 18.5 Å². The molecule has 0 saturated carbocycles. The third kappa shape index (κ3) is 4.01. The van der Waals surface area contributed by atoms with Gasteiger partial charge in [0.05, 0.1) is 6.61 Å². The number of benzene rings is 1. The van der Waals surface area contributed by atoms with Gasteiger partial charge in [-0.05, 0) is 37.8 Å². The summed E-state index contributed by atoms with van der Waals surface area (Å²) < 4.78 is 7.00. The van der Waals surface area contributed by atoms with E-state index < -0.39 is 0 Å². The maximum absolute atomic E-state index is 11.9. The monoisotopic (exact) mass is 380 g/mol. The van der Waals surface area contributed by atoms with Gasteiger partial charge in [0.2, 0.25) is 5.78 Å². The molecule has 0 saturated heterocycles. The van der Waals surface area contributed by atoms with Gasteiger partial charge in [0.1, 0.15) is 18.1 Å². The summed E-state index contributed by atoms with van der Waals surface area (Å²) in [5.41, 5.74) is 4.98. The molecule has 28 heavy (non-hydrogen) atoms. The fourth-order valence-corrected chi connectivity index (χ4v) is 3.23. The molecule has 0 spiro atoms. The fraction of sp³-hybridized carbons (Fsp3) is 0.409. The largest absolute Gasteiger partial charge is 0.465 e. The lowest BCUT2D eigenvalue weighted by molar-refractivity contribution is -0.140. The van der Waals surface area contributed by atoms with Gasteiger partial charge >= 0.3 is 5.97 Å². The van der Waals surface area contributed by atoms with Crippen LogP contribution < -0.4 is 5.32 Å². The minimum Gasteiger partial charge on any atom is -0.465 e. The molecule has 3 aromatic rings. The second-order valence-electron chi connectivity index (χ2n) is 7.97. The van der Waals surface area contributed by atoms with Crippen LogP contribution in [0, 0.1) is 13.8 Å². The minimum atomic E-state index is -0.302. The first-order valence-electron chi connectivity index (χ1n) is 9.58. The molecule has 3 rings (SSSR count). The van der Waals surface area contributed by atoms with E-state index in [1.165, 1.54) is 5.56 Å². The normalized spacial score (nSPS) is 11.6. The predicted molar refractivity (Wildman–Crippen MR) is 112 cm³/mol. The predicted octanol–water partition coefficient (Wildman–Crippen LogP) is 4.29. The Morgan fingerprint density at radius 3 is 2.43 bits per heavy atom. The first-order valence-corrected chi connectivity index (χ1v) is 9.58. The number of ether oxygens (including phenoxy) is 1. The van der Waals surface area contributed by atoms with Crippen LogP contribution >= 0.6 is 0 Å². The molecule has 0 amide bonds. The molecule has 1 aromatic carbocycles. The molecular formula is C22H28N4O2. The Morgan fingerprint density at radius 2 is 1.82 bits per heavy atom. The average molecular weight is 380 g/mol. The van der Waals surface area contributed by atoms with Crippen LogP contribution in [0.25, 0.3) is 17.0 Å². The van der Waals surface area contributed by atoms with Crippen molar-refractivity contribution in [3.05, 3.63) is 47.3 Å². The van der Waals surface area contributed by atoms with Gasteiger partial charge in [-0.25, -0.2) is 9.97 Å². The topological polar surface area (TPSA) is 68.5 Å². The van der Waals surface area contributed by atoms with Gasteiger partial charge in [0, 0.05) is 17.0 Å². The number of esters is 1. The van der Waals surface area contributed by atoms with Crippen LogP contribution in [0.15, 0.2) is 30.3 Å². The molecule has 0 radical (unpaired) electrons. The number of nitrogens with one attached hydrogen (secondary N) is 1. The molecule has 2 aromatic heterocycles. The molecule has 0 atom stereocenters. The van der Waals surface area contributed by atoms with E-state index in [0.717, 1.165) is 28.5 Å². The highest BCUT2D eigenvalue weighted by Gasteiger charge is 2.19. The van der Waals surface area contributed by atoms with E-state index in [1.807, 2.05) is 24.3 Å². The maximum Gasteiger partial charge on any atom is 0.325 e. The minimum absolute atomic E-state index is 0.0715. The smallest absolute Gasteiger partial charge is 0.325 e. The van der Waals surface area contributed by atoms with Crippen molar-refractivity contribution < 1.29 is 9.53 Å². The average Bonchev–Trinajstić information content (AvgIpc) is 2.98. The Kier molecular flexibility index (Phi) is 5.40. The van der Waals surface area contributed by atoms with Gasteiger partial charge in [-0.1, -0.05) is 45.0 Å². The summed E-state index contributed by atoms with van der Waals surface area (Å²) in [5, 5.41) is 3.21. The van der Waals surface area contributed by atoms with E-state index in [-0.39, 0.29) is 17.9 Å². The zero-order valence-corrected chi connectivity index (χ0v) is 17.5. The number of aryl methyl sites for hydroxylation is 2. The van der Waals surface area contributed by atoms with E-state index >= 15 is 0 Å². The number of fused-ring (bicyclic) bond motifs is 1. The van der Waals surface area contributed by atoms with Crippen LogP contribution in [-0.4, -0.2) is 33.5 Å². The van der Waals surface area contributed by atoms with Crippen molar-refractivity contribution in [2.24, 2.45) is 0 Å². The van der Waals surface area contributed by atoms with Gasteiger partial charge in [0.25, 0.3) is 0 Å². The summed E-state index contributed by atoms with van der Waals surface area (Å²) in [6.07, 6.45) is 0. The maximum atomic E-state index is 11.9. The number of rotatable bonds is 5. The number of nitrogens with zero attached hydrogens (tertiary/aromatic N) is 3. The van der Waals surface area contributed by atoms with Crippen molar-refractivity contribution in [2.45, 2.75) is 47.0 Å². The molecule has 0 fully saturated rings. The molecule has 0 aliphatic rings. The summed E-state index contributed by atoms with van der Waals surface area (Å²) in [4.78, 5) is 21.2. The highest BCUT2D eigenvalue weighted by atomic mass is 16.5. The number of anilines is 1. The molecule has 6 nitrogen and oxygen atoms in total. The zero-order chi connectivity index (χ0) is 20.5. The van der Waals surface area contributed by atoms with Gasteiger partial charge in [-0.2, -0.15) is 0 Å². The van der Waals surface area contributed by atoms with Crippen LogP contribution in [-0.2, 0) is 14.9 Å². The van der Waals surface area contributed by atoms with Crippen LogP contribution in [0.5, 0.6) is 0 Å². The molecule has 6 heteroatoms. The van der Waals surface area contributed by atoms with Gasteiger partial charge < -0.3 is 10.1 Å². The standard InChI is InChI=1S/C22H28N4O2/c1-7-28-18(27)13-23-20-19(16-8-10-17(11-9-16)22(4,5)6)25-21-24-14(2)12-15(3)26(20)21/h8-12,23H,7,13H2,1-6H3. The highest BCUT2D eigenvalue weighted by Crippen LogP contribution is 2.31. The van der Waals surface area contributed by atoms with E-state index in [0.29, 0.717) is 12.4 Å². The number of hydrogen-bond acceptors (Lipinski definition) is 5. The Bertz CT molecular complexity index is 998. The molecule has 0 unspecified atom stereocenters. The lowest BCUT2D eigenvalue weighted by Gasteiger charge is -2.19. The molecule has 0 bridgehead atoms. The summed E-state index contributed by atoms with van der Waals surface area (Å²) in [6.45, 7) is 12.7. The Hall–Kier alpha value is -2.89. The van der Waals surface area contributed by atoms with E-state index in [2.05, 4.69) is 55.3 Å². The third-order valence-electron chi connectivity index (χ3n) is 4.64. The summed E-state index contributed by atoms with van der Waals surface area (Å²) in [5.74, 6) is 1.06. The van der Waals surface area contributed by atoms with Gasteiger partial charge in [-0.3, -0.25) is 9.20 Å². The molecule has 0 aliphatic carbocycles. The van der Waals surface area contributed by atoms with Crippen molar-refractivity contribution in [3.63, 3.8) is 0 Å². The van der Waals surface area contributed by atoms with Crippen LogP contribution in [0.4, 0.5) is 5.82 Å². The number of carbonyl (C=O) groups is 1. The SMILES string of the molecule is CCOC(=O)CNc1c(-c2ccc(C(C)(C)C)cc2)nc2nc(C)cc(C)n12. The van der Waals surface area contributed by atoms with E-state index in [4.69, 9.17) is 9.72 Å². The quantitative estimate of drug-likeness (QED) is 0.669. The van der Waals surface area contributed by atoms with E-state index in [1.54, 1.807) is 6.92 Å². The summed E-state index contributed by atoms with van der Waals surface area (Å²) in [6, 6.07) is 10.4. The Balaban J connectivity index is 2.09. The van der Waals surface area contributed by atoms with Crippen LogP contribution in [0.2, 0.25) is 0 Å². The van der Waals surface area contributed by atoms with Gasteiger partial charge in [-0.15, -0.1) is 0 Å². The second-order valence-corrected chi connectivity index (χ2v) is 7.97. The molecular weight excluding hydrogens is 352 g/mol. The molecule has 0 aliphatic heterocycles. The molecule has 148 valence electrons. The first-order chi connectivity index (χ1) is 13.2. The summed E-state index contributed by atoms with van der Waals surface area (Å²) in [7, 11) is 0. The number of aromatic nitrogens is 3. The highest BCUT2D eigenvalue weighted by molar-refractivity contribution is 5.80.